The lowest BCUT2D eigenvalue weighted by Gasteiger charge is -2.06. The number of H-pyrrole nitrogens is 1. The molecule has 1 aromatic carbocycles. The number of aromatic amines is 1. The van der Waals surface area contributed by atoms with Gasteiger partial charge in [-0.2, -0.15) is 10.5 Å². The van der Waals surface area contributed by atoms with Crippen molar-refractivity contribution in [1.82, 2.24) is 35.4 Å². The molecular formula is C15H13N9S. The van der Waals surface area contributed by atoms with Crippen molar-refractivity contribution in [3.05, 3.63) is 36.3 Å². The second-order valence-corrected chi connectivity index (χ2v) is 6.88. The normalized spacial score (nSPS) is 16.5. The molecule has 1 aliphatic heterocycles. The number of nitriles is 1. The number of nitrogens with one attached hydrogen (secondary N) is 2. The highest BCUT2D eigenvalue weighted by atomic mass is 32.2. The summed E-state index contributed by atoms with van der Waals surface area (Å²) in [5.74, 6) is 1.09. The van der Waals surface area contributed by atoms with Crippen LogP contribution in [-0.2, 0) is 6.54 Å². The van der Waals surface area contributed by atoms with Gasteiger partial charge in [0.15, 0.2) is 11.0 Å². The summed E-state index contributed by atoms with van der Waals surface area (Å²) >= 11 is 1.73. The van der Waals surface area contributed by atoms with Gasteiger partial charge < -0.3 is 9.88 Å². The first-order valence-corrected chi connectivity index (χ1v) is 8.43. The number of tetrazole rings is 1. The smallest absolute Gasteiger partial charge is 0.216 e. The van der Waals surface area contributed by atoms with Crippen LogP contribution in [0.15, 0.2) is 35.6 Å². The van der Waals surface area contributed by atoms with E-state index in [4.69, 9.17) is 0 Å². The van der Waals surface area contributed by atoms with Crippen LogP contribution in [0, 0.1) is 11.3 Å². The number of benzene rings is 1. The second kappa shape index (κ2) is 6.37. The molecule has 0 saturated heterocycles. The molecule has 0 radical (unpaired) electrons. The van der Waals surface area contributed by atoms with E-state index in [1.807, 2.05) is 30.3 Å². The van der Waals surface area contributed by atoms with Crippen molar-refractivity contribution in [1.29, 1.82) is 5.26 Å². The summed E-state index contributed by atoms with van der Waals surface area (Å²) in [5.41, 5.74) is 2.07. The van der Waals surface area contributed by atoms with Crippen LogP contribution in [0.3, 0.4) is 0 Å². The number of hydrogen-bond acceptors (Lipinski definition) is 8. The van der Waals surface area contributed by atoms with Gasteiger partial charge in [0.2, 0.25) is 5.82 Å². The maximum Gasteiger partial charge on any atom is 0.216 e. The van der Waals surface area contributed by atoms with Crippen LogP contribution in [0.2, 0.25) is 0 Å². The average molecular weight is 351 g/mol. The number of nitrogens with zero attached hydrogens (tertiary/aromatic N) is 7. The van der Waals surface area contributed by atoms with E-state index in [1.54, 1.807) is 18.0 Å². The highest BCUT2D eigenvalue weighted by Gasteiger charge is 2.24. The molecule has 9 nitrogen and oxygen atoms in total. The van der Waals surface area contributed by atoms with Gasteiger partial charge in [-0.3, -0.25) is 0 Å². The van der Waals surface area contributed by atoms with E-state index in [2.05, 4.69) is 47.6 Å². The van der Waals surface area contributed by atoms with Crippen LogP contribution in [-0.4, -0.2) is 40.6 Å². The van der Waals surface area contributed by atoms with E-state index in [9.17, 15) is 5.26 Å². The number of allylic oxidation sites excluding steroid dienone is 1. The maximum atomic E-state index is 9.21. The van der Waals surface area contributed by atoms with Gasteiger partial charge in [-0.15, -0.1) is 20.4 Å². The van der Waals surface area contributed by atoms with Gasteiger partial charge in [0.1, 0.15) is 11.6 Å². The molecular weight excluding hydrogens is 338 g/mol. The van der Waals surface area contributed by atoms with Crippen LogP contribution < -0.4 is 5.32 Å². The molecule has 0 fully saturated rings. The Morgan fingerprint density at radius 2 is 2.36 bits per heavy atom. The number of rotatable bonds is 4. The molecule has 3 heterocycles. The van der Waals surface area contributed by atoms with E-state index >= 15 is 0 Å². The van der Waals surface area contributed by atoms with Crippen molar-refractivity contribution in [3.8, 4) is 17.5 Å². The summed E-state index contributed by atoms with van der Waals surface area (Å²) in [6, 6.07) is 9.83. The van der Waals surface area contributed by atoms with Gasteiger partial charge in [0.25, 0.3) is 0 Å². The largest absolute Gasteiger partial charge is 0.360 e. The molecule has 1 atom stereocenters. The van der Waals surface area contributed by atoms with E-state index in [1.165, 1.54) is 0 Å². The molecule has 3 aromatic rings. The quantitative estimate of drug-likeness (QED) is 0.684. The van der Waals surface area contributed by atoms with E-state index in [-0.39, 0.29) is 11.4 Å². The maximum absolute atomic E-state index is 9.21. The molecule has 1 unspecified atom stereocenters. The van der Waals surface area contributed by atoms with Crippen LogP contribution in [0.4, 0.5) is 5.69 Å². The lowest BCUT2D eigenvalue weighted by molar-refractivity contribution is 0.675. The Balaban J connectivity index is 1.60. The molecule has 0 aliphatic carbocycles. The first-order chi connectivity index (χ1) is 12.2. The van der Waals surface area contributed by atoms with Crippen molar-refractivity contribution >= 4 is 23.0 Å². The van der Waals surface area contributed by atoms with Crippen LogP contribution >= 0.6 is 11.8 Å². The Morgan fingerprint density at radius 3 is 3.16 bits per heavy atom. The Kier molecular flexibility index (Phi) is 3.91. The highest BCUT2D eigenvalue weighted by Crippen LogP contribution is 2.34. The number of hydrogen-bond donors (Lipinski definition) is 2. The second-order valence-electron chi connectivity index (χ2n) is 5.48. The van der Waals surface area contributed by atoms with Crippen molar-refractivity contribution in [2.75, 3.05) is 5.32 Å². The minimum atomic E-state index is 0.243. The Bertz CT molecular complexity index is 967. The van der Waals surface area contributed by atoms with Crippen LogP contribution in [0.5, 0.6) is 0 Å². The fourth-order valence-electron chi connectivity index (χ4n) is 2.55. The molecule has 0 saturated carbocycles. The lowest BCUT2D eigenvalue weighted by atomic mass is 10.2. The SMILES string of the molecule is CC1Cn2c(nnc2-c2cccc(NC=C(C#N)c3nn[nH]n3)c2)S1. The van der Waals surface area contributed by atoms with Crippen molar-refractivity contribution in [2.45, 2.75) is 23.9 Å². The van der Waals surface area contributed by atoms with Gasteiger partial charge >= 0.3 is 0 Å². The molecule has 2 N–H and O–H groups in total. The third-order valence-electron chi connectivity index (χ3n) is 3.67. The Labute approximate surface area is 147 Å². The van der Waals surface area contributed by atoms with Gasteiger partial charge in [-0.25, -0.2) is 0 Å². The van der Waals surface area contributed by atoms with Gasteiger partial charge in [0, 0.05) is 29.2 Å². The zero-order chi connectivity index (χ0) is 17.2. The molecule has 10 heteroatoms. The van der Waals surface area contributed by atoms with Gasteiger partial charge in [-0.05, 0) is 17.3 Å². The van der Waals surface area contributed by atoms with Crippen molar-refractivity contribution < 1.29 is 0 Å². The molecule has 0 spiro atoms. The zero-order valence-electron chi connectivity index (χ0n) is 13.2. The van der Waals surface area contributed by atoms with E-state index in [0.717, 1.165) is 28.8 Å². The van der Waals surface area contributed by atoms with Gasteiger partial charge in [-0.1, -0.05) is 30.8 Å². The molecule has 0 amide bonds. The van der Waals surface area contributed by atoms with Crippen molar-refractivity contribution in [3.63, 3.8) is 0 Å². The van der Waals surface area contributed by atoms with E-state index in [0.29, 0.717) is 5.25 Å². The molecule has 124 valence electrons. The predicted octanol–water partition coefficient (Wildman–Crippen LogP) is 1.93. The summed E-state index contributed by atoms with van der Waals surface area (Å²) in [6.45, 7) is 3.07. The molecule has 2 aromatic heterocycles. The summed E-state index contributed by atoms with van der Waals surface area (Å²) in [4.78, 5) is 0. The first-order valence-electron chi connectivity index (χ1n) is 7.55. The summed E-state index contributed by atoms with van der Waals surface area (Å²) < 4.78 is 2.13. The lowest BCUT2D eigenvalue weighted by Crippen LogP contribution is -2.03. The monoisotopic (exact) mass is 351 g/mol. The van der Waals surface area contributed by atoms with Gasteiger partial charge in [0.05, 0.1) is 0 Å². The fourth-order valence-corrected chi connectivity index (χ4v) is 3.51. The summed E-state index contributed by atoms with van der Waals surface area (Å²) in [6.07, 6.45) is 1.55. The number of anilines is 1. The Hall–Kier alpha value is -3.19. The number of thioether (sulfide) groups is 1. The molecule has 25 heavy (non-hydrogen) atoms. The Morgan fingerprint density at radius 1 is 1.44 bits per heavy atom. The van der Waals surface area contributed by atoms with Crippen LogP contribution in [0.1, 0.15) is 12.7 Å². The minimum absolute atomic E-state index is 0.243. The predicted molar refractivity (Wildman–Crippen MR) is 92.2 cm³/mol. The topological polar surface area (TPSA) is 121 Å². The number of aromatic nitrogens is 7. The molecule has 1 aliphatic rings. The molecule has 4 rings (SSSR count). The average Bonchev–Trinajstić information content (AvgIpc) is 3.33. The summed E-state index contributed by atoms with van der Waals surface area (Å²) in [7, 11) is 0. The minimum Gasteiger partial charge on any atom is -0.360 e. The van der Waals surface area contributed by atoms with Crippen molar-refractivity contribution in [2.24, 2.45) is 0 Å². The molecule has 0 bridgehead atoms. The third kappa shape index (κ3) is 2.97. The zero-order valence-corrected chi connectivity index (χ0v) is 14.0. The fraction of sp³-hybridized carbons (Fsp3) is 0.200. The summed E-state index contributed by atoms with van der Waals surface area (Å²) in [5, 5.41) is 35.7. The third-order valence-corrected chi connectivity index (χ3v) is 4.74. The van der Waals surface area contributed by atoms with E-state index < -0.39 is 0 Å². The standard InChI is InChI=1S/C15H13N9S/c1-9-8-24-14(20-21-15(24)25-9)10-3-2-4-12(5-10)17-7-11(6-16)13-18-22-23-19-13/h2-5,7,9,17H,8H2,1H3,(H,18,19,22,23). The van der Waals surface area contributed by atoms with Crippen LogP contribution in [0.25, 0.3) is 17.0 Å². The highest BCUT2D eigenvalue weighted by molar-refractivity contribution is 7.99. The number of fused-ring (bicyclic) bond motifs is 1. The first kappa shape index (κ1) is 15.3.